The third-order valence-corrected chi connectivity index (χ3v) is 8.86. The van der Waals surface area contributed by atoms with Crippen molar-refractivity contribution < 1.29 is 0 Å². The zero-order chi connectivity index (χ0) is 14.3. The van der Waals surface area contributed by atoms with E-state index in [0.29, 0.717) is 0 Å². The average molecular weight is 313 g/mol. The van der Waals surface area contributed by atoms with Gasteiger partial charge in [-0.15, -0.1) is 5.10 Å². The minimum atomic E-state index is -1.62. The Labute approximate surface area is 127 Å². The van der Waals surface area contributed by atoms with Crippen LogP contribution in [0.5, 0.6) is 0 Å². The summed E-state index contributed by atoms with van der Waals surface area (Å²) in [6.07, 6.45) is 8.88. The molecule has 0 nitrogen and oxygen atoms in total. The largest absolute Gasteiger partial charge is 0.172 e. The van der Waals surface area contributed by atoms with E-state index < -0.39 is 15.5 Å². The molecule has 0 aromatic heterocycles. The molecule has 0 atom stereocenters. The molecule has 0 amide bonds. The maximum absolute atomic E-state index is 6.69. The van der Waals surface area contributed by atoms with E-state index in [2.05, 4.69) is 38.4 Å². The molecule has 0 unspecified atom stereocenters. The molecule has 2 aliphatic heterocycles. The molecular formula is C15H30BClSi2. The lowest BCUT2D eigenvalue weighted by Gasteiger charge is -2.45. The molecule has 0 radical (unpaired) electrons. The van der Waals surface area contributed by atoms with Crippen LogP contribution < -0.4 is 0 Å². The third kappa shape index (κ3) is 4.01. The molecule has 19 heavy (non-hydrogen) atoms. The van der Waals surface area contributed by atoms with Gasteiger partial charge in [0.05, 0.1) is 8.07 Å². The first kappa shape index (κ1) is 15.9. The molecule has 2 aliphatic rings. The lowest BCUT2D eigenvalue weighted by Crippen LogP contribution is -2.45. The Morgan fingerprint density at radius 1 is 0.947 bits per heavy atom. The van der Waals surface area contributed by atoms with Gasteiger partial charge in [0.1, 0.15) is 0 Å². The summed E-state index contributed by atoms with van der Waals surface area (Å²) in [6, 6.07) is 0. The number of fused-ring (bicyclic) bond motifs is 2. The van der Waals surface area contributed by atoms with Gasteiger partial charge in [0.15, 0.2) is 14.1 Å². The number of hydrogen-bond donors (Lipinski definition) is 0. The van der Waals surface area contributed by atoms with E-state index in [-0.39, 0.29) is 0 Å². The molecule has 108 valence electrons. The summed E-state index contributed by atoms with van der Waals surface area (Å²) in [6.45, 7) is 13.1. The Kier molecular flexibility index (Phi) is 4.80. The van der Waals surface area contributed by atoms with Crippen LogP contribution in [0.25, 0.3) is 0 Å². The second-order valence-corrected chi connectivity index (χ2v) is 19.7. The van der Waals surface area contributed by atoms with Crippen LogP contribution >= 0.6 is 11.1 Å². The van der Waals surface area contributed by atoms with Crippen molar-refractivity contribution in [2.24, 2.45) is 0 Å². The third-order valence-electron chi connectivity index (χ3n) is 5.04. The van der Waals surface area contributed by atoms with Crippen molar-refractivity contribution >= 4 is 33.2 Å². The van der Waals surface area contributed by atoms with Gasteiger partial charge in [0, 0.05) is 0 Å². The predicted octanol–water partition coefficient (Wildman–Crippen LogP) is 5.92. The fourth-order valence-corrected chi connectivity index (χ4v) is 10.2. The summed E-state index contributed by atoms with van der Waals surface area (Å²) in [5, 5.41) is 1.84. The molecule has 2 rings (SSSR count). The van der Waals surface area contributed by atoms with E-state index in [1.807, 2.05) is 5.10 Å². The zero-order valence-corrected chi connectivity index (χ0v) is 16.2. The summed E-state index contributed by atoms with van der Waals surface area (Å²) < 4.78 is 0. The Hall–Kier alpha value is 0.529. The molecule has 2 fully saturated rings. The molecule has 0 spiro atoms. The van der Waals surface area contributed by atoms with Gasteiger partial charge in [-0.05, 0) is 0 Å². The van der Waals surface area contributed by atoms with Gasteiger partial charge in [-0.3, -0.25) is 0 Å². The molecule has 2 saturated heterocycles. The minimum absolute atomic E-state index is 0.902. The normalized spacial score (nSPS) is 29.6. The summed E-state index contributed by atoms with van der Waals surface area (Å²) in [4.78, 5) is 0. The second kappa shape index (κ2) is 5.73. The van der Waals surface area contributed by atoms with Crippen LogP contribution in [0.1, 0.15) is 38.5 Å². The van der Waals surface area contributed by atoms with E-state index >= 15 is 0 Å². The highest BCUT2D eigenvalue weighted by Gasteiger charge is 2.44. The quantitative estimate of drug-likeness (QED) is 0.448. The molecule has 0 aliphatic carbocycles. The molecular weight excluding hydrogens is 283 g/mol. The van der Waals surface area contributed by atoms with E-state index in [0.717, 1.165) is 18.3 Å². The summed E-state index contributed by atoms with van der Waals surface area (Å²) >= 11 is 6.69. The lowest BCUT2D eigenvalue weighted by molar-refractivity contribution is 0.446. The van der Waals surface area contributed by atoms with Gasteiger partial charge >= 0.3 is 0 Å². The first-order chi connectivity index (χ1) is 8.68. The van der Waals surface area contributed by atoms with E-state index in [9.17, 15) is 0 Å². The Morgan fingerprint density at radius 3 is 1.68 bits per heavy atom. The molecule has 0 saturated carbocycles. The van der Waals surface area contributed by atoms with E-state index in [1.165, 1.54) is 38.5 Å². The summed E-state index contributed by atoms with van der Waals surface area (Å²) in [5.41, 5.74) is 2.59. The van der Waals surface area contributed by atoms with Crippen LogP contribution in [0.15, 0.2) is 10.8 Å². The number of halogens is 1. The topological polar surface area (TPSA) is 0 Å². The Balaban J connectivity index is 2.35. The van der Waals surface area contributed by atoms with Gasteiger partial charge < -0.3 is 0 Å². The van der Waals surface area contributed by atoms with Crippen molar-refractivity contribution in [3.05, 3.63) is 10.8 Å². The van der Waals surface area contributed by atoms with Crippen molar-refractivity contribution in [3.8, 4) is 0 Å². The first-order valence-corrected chi connectivity index (χ1v) is 15.7. The zero-order valence-electron chi connectivity index (χ0n) is 13.4. The molecule has 2 heterocycles. The first-order valence-electron chi connectivity index (χ1n) is 8.10. The van der Waals surface area contributed by atoms with Crippen molar-refractivity contribution in [1.82, 2.24) is 0 Å². The maximum atomic E-state index is 6.69. The summed E-state index contributed by atoms with van der Waals surface area (Å²) in [5.74, 6) is 1.97. The Morgan fingerprint density at radius 2 is 1.37 bits per heavy atom. The van der Waals surface area contributed by atoms with Gasteiger partial charge in [-0.25, -0.2) is 0 Å². The molecule has 2 bridgehead atoms. The fraction of sp³-hybridized carbons (Fsp3) is 0.867. The molecule has 4 heteroatoms. The van der Waals surface area contributed by atoms with Crippen molar-refractivity contribution in [2.45, 2.75) is 82.9 Å². The highest BCUT2D eigenvalue weighted by molar-refractivity contribution is 7.23. The van der Waals surface area contributed by atoms with Crippen molar-refractivity contribution in [1.29, 1.82) is 0 Å². The van der Waals surface area contributed by atoms with Gasteiger partial charge in [0.25, 0.3) is 0 Å². The van der Waals surface area contributed by atoms with E-state index in [4.69, 9.17) is 11.1 Å². The minimum Gasteiger partial charge on any atom is -0.162 e. The highest BCUT2D eigenvalue weighted by Crippen LogP contribution is 2.50. The lowest BCUT2D eigenvalue weighted by atomic mass is 9.27. The molecule has 0 aromatic carbocycles. The summed E-state index contributed by atoms with van der Waals surface area (Å²) in [7, 11) is -2.86. The van der Waals surface area contributed by atoms with Gasteiger partial charge in [-0.2, -0.15) is 11.1 Å². The van der Waals surface area contributed by atoms with Crippen molar-refractivity contribution in [3.63, 3.8) is 0 Å². The highest BCUT2D eigenvalue weighted by atomic mass is 35.6. The second-order valence-electron chi connectivity index (χ2n) is 8.32. The SMILES string of the molecule is C[Si](C)(Cl)/C=C(\B1C2CCCC1CCC2)[Si](C)(C)C. The van der Waals surface area contributed by atoms with Gasteiger partial charge in [0.2, 0.25) is 0 Å². The monoisotopic (exact) mass is 312 g/mol. The van der Waals surface area contributed by atoms with Crippen LogP contribution in [0, 0.1) is 0 Å². The average Bonchev–Trinajstić information content (AvgIpc) is 2.22. The Bertz CT molecular complexity index is 332. The number of hydrogen-bond acceptors (Lipinski definition) is 0. The van der Waals surface area contributed by atoms with Crippen LogP contribution in [0.3, 0.4) is 0 Å². The van der Waals surface area contributed by atoms with Crippen LogP contribution in [-0.4, -0.2) is 22.2 Å². The van der Waals surface area contributed by atoms with Crippen LogP contribution in [0.4, 0.5) is 0 Å². The van der Waals surface area contributed by atoms with Gasteiger partial charge in [-0.1, -0.05) is 88.6 Å². The predicted molar refractivity (Wildman–Crippen MR) is 95.7 cm³/mol. The fourth-order valence-electron chi connectivity index (χ4n) is 4.37. The number of rotatable bonds is 3. The van der Waals surface area contributed by atoms with Crippen LogP contribution in [-0.2, 0) is 0 Å². The standard InChI is InChI=1S/C15H30BClSi2/c1-18(2,3)15(12-19(4,5)17)16-13-8-6-9-14(16)11-7-10-13/h12-14H,6-11H2,1-5H3/b15-12+. The van der Waals surface area contributed by atoms with Crippen molar-refractivity contribution in [2.75, 3.05) is 0 Å². The molecule has 0 N–H and O–H groups in total. The van der Waals surface area contributed by atoms with E-state index in [1.54, 1.807) is 0 Å². The molecule has 0 aromatic rings. The smallest absolute Gasteiger partial charge is 0.162 e. The van der Waals surface area contributed by atoms with Crippen LogP contribution in [0.2, 0.25) is 44.4 Å². The maximum Gasteiger partial charge on any atom is 0.172 e.